The molecule has 0 atom stereocenters. The summed E-state index contributed by atoms with van der Waals surface area (Å²) in [6.07, 6.45) is 11.2. The highest BCUT2D eigenvalue weighted by atomic mass is 16.5. The molecule has 0 N–H and O–H groups in total. The second-order valence-electron chi connectivity index (χ2n) is 1.89. The van der Waals surface area contributed by atoms with Crippen molar-refractivity contribution in [3.05, 3.63) is 48.8 Å². The van der Waals surface area contributed by atoms with Gasteiger partial charge in [0.25, 0.3) is 0 Å². The number of rotatable bonds is 4. The van der Waals surface area contributed by atoms with Crippen LogP contribution in [0.1, 0.15) is 6.92 Å². The lowest BCUT2D eigenvalue weighted by Crippen LogP contribution is -1.78. The maximum atomic E-state index is 5.01. The summed E-state index contributed by atoms with van der Waals surface area (Å²) in [7, 11) is 1.63. The van der Waals surface area contributed by atoms with Gasteiger partial charge >= 0.3 is 0 Å². The Kier molecular flexibility index (Phi) is 6.10. The van der Waals surface area contributed by atoms with Crippen molar-refractivity contribution in [2.24, 2.45) is 0 Å². The Labute approximate surface area is 68.4 Å². The van der Waals surface area contributed by atoms with Crippen LogP contribution in [0.2, 0.25) is 0 Å². The molecule has 0 saturated carbocycles. The van der Waals surface area contributed by atoms with Gasteiger partial charge in [-0.2, -0.15) is 0 Å². The highest BCUT2D eigenvalue weighted by Gasteiger charge is 1.82. The second-order valence-corrected chi connectivity index (χ2v) is 1.89. The maximum Gasteiger partial charge on any atom is 0.118 e. The number of ether oxygens (including phenoxy) is 1. The molecule has 0 rings (SSSR count). The van der Waals surface area contributed by atoms with Crippen LogP contribution < -0.4 is 0 Å². The summed E-state index contributed by atoms with van der Waals surface area (Å²) in [5.74, 6) is 0.804. The zero-order valence-electron chi connectivity index (χ0n) is 7.08. The molecule has 60 valence electrons. The van der Waals surface area contributed by atoms with Gasteiger partial charge in [-0.25, -0.2) is 0 Å². The summed E-state index contributed by atoms with van der Waals surface area (Å²) < 4.78 is 5.01. The Morgan fingerprint density at radius 3 is 2.55 bits per heavy atom. The van der Waals surface area contributed by atoms with Crippen LogP contribution in [0.25, 0.3) is 0 Å². The lowest BCUT2D eigenvalue weighted by molar-refractivity contribution is 0.307. The van der Waals surface area contributed by atoms with Crippen molar-refractivity contribution in [3.8, 4) is 0 Å². The fraction of sp³-hybridized carbons (Fsp3) is 0.200. The Bertz CT molecular complexity index is 185. The zero-order valence-corrected chi connectivity index (χ0v) is 7.08. The normalized spacial score (nSPS) is 12.7. The lowest BCUT2D eigenvalue weighted by atomic mass is 10.3. The minimum absolute atomic E-state index is 0.804. The Balaban J connectivity index is 4.07. The molecule has 0 aliphatic rings. The van der Waals surface area contributed by atoms with Gasteiger partial charge in [0.05, 0.1) is 7.11 Å². The molecule has 0 aromatic carbocycles. The molecule has 1 nitrogen and oxygen atoms in total. The third-order valence-corrected chi connectivity index (χ3v) is 1.08. The van der Waals surface area contributed by atoms with E-state index in [0.717, 1.165) is 5.76 Å². The molecule has 0 fully saturated rings. The van der Waals surface area contributed by atoms with Crippen LogP contribution in [0.4, 0.5) is 0 Å². The van der Waals surface area contributed by atoms with Crippen molar-refractivity contribution in [2.45, 2.75) is 6.92 Å². The van der Waals surface area contributed by atoms with Gasteiger partial charge < -0.3 is 4.74 Å². The van der Waals surface area contributed by atoms with Gasteiger partial charge in [0.15, 0.2) is 0 Å². The molecule has 0 aliphatic heterocycles. The number of hydrogen-bond donors (Lipinski definition) is 0. The molecule has 0 aliphatic carbocycles. The van der Waals surface area contributed by atoms with E-state index in [-0.39, 0.29) is 0 Å². The van der Waals surface area contributed by atoms with Crippen molar-refractivity contribution in [3.63, 3.8) is 0 Å². The molecule has 0 aromatic rings. The average molecular weight is 150 g/mol. The molecule has 0 radical (unpaired) electrons. The largest absolute Gasteiger partial charge is 0.497 e. The van der Waals surface area contributed by atoms with Gasteiger partial charge in [0.2, 0.25) is 0 Å². The highest BCUT2D eigenvalue weighted by Crippen LogP contribution is 1.97. The first kappa shape index (κ1) is 9.76. The molecule has 0 amide bonds. The Morgan fingerprint density at radius 1 is 1.36 bits per heavy atom. The topological polar surface area (TPSA) is 9.23 Å². The first-order valence-electron chi connectivity index (χ1n) is 3.51. The molecule has 0 unspecified atom stereocenters. The first-order valence-corrected chi connectivity index (χ1v) is 3.51. The highest BCUT2D eigenvalue weighted by molar-refractivity contribution is 5.20. The molecule has 11 heavy (non-hydrogen) atoms. The Hall–Kier alpha value is -1.24. The predicted octanol–water partition coefficient (Wildman–Crippen LogP) is 2.84. The monoisotopic (exact) mass is 150 g/mol. The van der Waals surface area contributed by atoms with E-state index in [4.69, 9.17) is 4.74 Å². The summed E-state index contributed by atoms with van der Waals surface area (Å²) in [6.45, 7) is 5.53. The summed E-state index contributed by atoms with van der Waals surface area (Å²) in [6, 6.07) is 0. The van der Waals surface area contributed by atoms with Crippen LogP contribution in [0.5, 0.6) is 0 Å². The molecule has 1 heteroatoms. The molecule has 0 spiro atoms. The van der Waals surface area contributed by atoms with Gasteiger partial charge in [-0.1, -0.05) is 30.9 Å². The van der Waals surface area contributed by atoms with E-state index < -0.39 is 0 Å². The van der Waals surface area contributed by atoms with Gasteiger partial charge in [-0.15, -0.1) is 0 Å². The minimum Gasteiger partial charge on any atom is -0.497 e. The van der Waals surface area contributed by atoms with Crippen molar-refractivity contribution in [1.29, 1.82) is 0 Å². The van der Waals surface area contributed by atoms with Crippen molar-refractivity contribution < 1.29 is 4.74 Å². The Morgan fingerprint density at radius 2 is 2.09 bits per heavy atom. The molecule has 0 bridgehead atoms. The average Bonchev–Trinajstić information content (AvgIpc) is 2.03. The van der Waals surface area contributed by atoms with E-state index in [0.29, 0.717) is 0 Å². The third kappa shape index (κ3) is 5.22. The van der Waals surface area contributed by atoms with E-state index in [1.807, 2.05) is 31.2 Å². The maximum absolute atomic E-state index is 5.01. The van der Waals surface area contributed by atoms with Crippen molar-refractivity contribution in [2.75, 3.05) is 7.11 Å². The van der Waals surface area contributed by atoms with Gasteiger partial charge in [0.1, 0.15) is 5.76 Å². The summed E-state index contributed by atoms with van der Waals surface area (Å²) in [4.78, 5) is 0. The van der Waals surface area contributed by atoms with E-state index in [9.17, 15) is 0 Å². The fourth-order valence-electron chi connectivity index (χ4n) is 0.569. The van der Waals surface area contributed by atoms with Gasteiger partial charge in [0, 0.05) is 0 Å². The summed E-state index contributed by atoms with van der Waals surface area (Å²) in [5, 5.41) is 0. The smallest absolute Gasteiger partial charge is 0.118 e. The third-order valence-electron chi connectivity index (χ3n) is 1.08. The number of methoxy groups -OCH3 is 1. The molecule has 0 saturated heterocycles. The molecule has 0 aromatic heterocycles. The predicted molar refractivity (Wildman–Crippen MR) is 49.2 cm³/mol. The fourth-order valence-corrected chi connectivity index (χ4v) is 0.569. The van der Waals surface area contributed by atoms with E-state index in [1.54, 1.807) is 19.3 Å². The second kappa shape index (κ2) is 6.87. The first-order chi connectivity index (χ1) is 5.35. The molecule has 0 heterocycles. The lowest BCUT2D eigenvalue weighted by Gasteiger charge is -1.95. The number of allylic oxidation sites excluding steroid dienone is 6. The van der Waals surface area contributed by atoms with Crippen LogP contribution in [-0.2, 0) is 4.74 Å². The number of hydrogen-bond acceptors (Lipinski definition) is 1. The van der Waals surface area contributed by atoms with Crippen LogP contribution in [0.15, 0.2) is 48.8 Å². The summed E-state index contributed by atoms with van der Waals surface area (Å²) >= 11 is 0. The van der Waals surface area contributed by atoms with Crippen LogP contribution in [0, 0.1) is 0 Å². The molecular formula is C10H14O. The van der Waals surface area contributed by atoms with Gasteiger partial charge in [-0.05, 0) is 19.1 Å². The van der Waals surface area contributed by atoms with Crippen molar-refractivity contribution in [1.82, 2.24) is 0 Å². The van der Waals surface area contributed by atoms with E-state index in [1.165, 1.54) is 0 Å². The minimum atomic E-state index is 0.804. The van der Waals surface area contributed by atoms with Crippen LogP contribution in [-0.4, -0.2) is 7.11 Å². The van der Waals surface area contributed by atoms with Crippen LogP contribution in [0.3, 0.4) is 0 Å². The van der Waals surface area contributed by atoms with Crippen LogP contribution >= 0.6 is 0 Å². The van der Waals surface area contributed by atoms with E-state index >= 15 is 0 Å². The van der Waals surface area contributed by atoms with E-state index in [2.05, 4.69) is 6.58 Å². The van der Waals surface area contributed by atoms with Crippen molar-refractivity contribution >= 4 is 0 Å². The standard InChI is InChI=1S/C10H14O/c1-4-6-7-9-10(11-3)8-5-2/h4-9H,2H2,1,3H3/b6-4-,9-7-,10-8-. The zero-order chi connectivity index (χ0) is 8.53. The SMILES string of the molecule is C=C/C=C(/C=C\C=C/C)OC. The molecular weight excluding hydrogens is 136 g/mol. The quantitative estimate of drug-likeness (QED) is 0.442. The van der Waals surface area contributed by atoms with Gasteiger partial charge in [-0.3, -0.25) is 0 Å². The summed E-state index contributed by atoms with van der Waals surface area (Å²) in [5.41, 5.74) is 0.